The molecule has 0 aliphatic carbocycles. The zero-order valence-electron chi connectivity index (χ0n) is 16.2. The number of imidazole rings is 1. The lowest BCUT2D eigenvalue weighted by Gasteiger charge is -2.16. The molecule has 1 saturated heterocycles. The number of aromatic nitrogens is 5. The normalized spacial score (nSPS) is 19.8. The summed E-state index contributed by atoms with van der Waals surface area (Å²) in [5.74, 6) is 1.94. The summed E-state index contributed by atoms with van der Waals surface area (Å²) in [6.07, 6.45) is 5.00. The number of nitrogens with zero attached hydrogens (tertiary/aromatic N) is 5. The Morgan fingerprint density at radius 3 is 2.69 bits per heavy atom. The third-order valence-electron chi connectivity index (χ3n) is 5.65. The molecule has 29 heavy (non-hydrogen) atoms. The molecule has 1 aromatic carbocycles. The van der Waals surface area contributed by atoms with Gasteiger partial charge in [0.1, 0.15) is 5.82 Å². The number of H-pyrrole nitrogens is 1. The van der Waals surface area contributed by atoms with Crippen molar-refractivity contribution in [3.8, 4) is 11.4 Å². The molecular weight excluding hydrogens is 364 g/mol. The van der Waals surface area contributed by atoms with Gasteiger partial charge in [-0.25, -0.2) is 9.50 Å². The van der Waals surface area contributed by atoms with Crippen molar-refractivity contribution in [3.63, 3.8) is 0 Å². The van der Waals surface area contributed by atoms with Gasteiger partial charge in [0.05, 0.1) is 6.20 Å². The molecule has 4 heterocycles. The molecule has 5 rings (SSSR count). The molecule has 3 aromatic heterocycles. The fraction of sp³-hybridized carbons (Fsp3) is 0.273. The van der Waals surface area contributed by atoms with Crippen LogP contribution in [0.2, 0.25) is 0 Å². The van der Waals surface area contributed by atoms with Crippen LogP contribution in [0.25, 0.3) is 16.9 Å². The molecule has 7 nitrogen and oxygen atoms in total. The number of rotatable bonds is 4. The molecule has 0 spiro atoms. The Kier molecular flexibility index (Phi) is 4.44. The number of hydrogen-bond acceptors (Lipinski definition) is 5. The van der Waals surface area contributed by atoms with E-state index < -0.39 is 0 Å². The van der Waals surface area contributed by atoms with Crippen LogP contribution in [0.1, 0.15) is 24.2 Å². The molecule has 1 N–H and O–H groups in total. The predicted molar refractivity (Wildman–Crippen MR) is 110 cm³/mol. The quantitative estimate of drug-likeness (QED) is 0.583. The molecule has 0 saturated carbocycles. The maximum absolute atomic E-state index is 12.7. The molecule has 0 radical (unpaired) electrons. The maximum atomic E-state index is 12.7. The summed E-state index contributed by atoms with van der Waals surface area (Å²) in [6, 6.07) is 14.2. The van der Waals surface area contributed by atoms with Crippen LogP contribution in [0.15, 0.2) is 65.8 Å². The lowest BCUT2D eigenvalue weighted by molar-refractivity contribution is 0.318. The van der Waals surface area contributed by atoms with E-state index in [0.717, 1.165) is 31.0 Å². The SMILES string of the molecule is CC1CN(Cc2ccccc2)CC1c1nn2c(-c3ccncc3)ncc2c(=O)[nH]1. The van der Waals surface area contributed by atoms with Crippen molar-refractivity contribution in [3.05, 3.63) is 82.8 Å². The third kappa shape index (κ3) is 3.34. The highest BCUT2D eigenvalue weighted by Gasteiger charge is 2.33. The van der Waals surface area contributed by atoms with Crippen molar-refractivity contribution in [1.82, 2.24) is 29.5 Å². The minimum Gasteiger partial charge on any atom is -0.307 e. The Labute approximate surface area is 168 Å². The highest BCUT2D eigenvalue weighted by atomic mass is 16.1. The number of likely N-dealkylation sites (tertiary alicyclic amines) is 1. The van der Waals surface area contributed by atoms with E-state index in [1.807, 2.05) is 18.2 Å². The molecule has 1 aliphatic heterocycles. The van der Waals surface area contributed by atoms with E-state index in [1.54, 1.807) is 23.1 Å². The summed E-state index contributed by atoms with van der Waals surface area (Å²) in [5, 5.41) is 4.80. The van der Waals surface area contributed by atoms with Crippen molar-refractivity contribution in [2.24, 2.45) is 5.92 Å². The Bertz CT molecular complexity index is 1180. The van der Waals surface area contributed by atoms with Gasteiger partial charge in [-0.2, -0.15) is 5.10 Å². The Morgan fingerprint density at radius 1 is 1.10 bits per heavy atom. The van der Waals surface area contributed by atoms with Gasteiger partial charge >= 0.3 is 0 Å². The number of aromatic amines is 1. The maximum Gasteiger partial charge on any atom is 0.276 e. The first-order chi connectivity index (χ1) is 14.2. The van der Waals surface area contributed by atoms with Gasteiger partial charge in [-0.05, 0) is 23.6 Å². The average Bonchev–Trinajstić information content (AvgIpc) is 3.33. The summed E-state index contributed by atoms with van der Waals surface area (Å²) in [6.45, 7) is 4.96. The number of hydrogen-bond donors (Lipinski definition) is 1. The van der Waals surface area contributed by atoms with Gasteiger partial charge in [-0.1, -0.05) is 37.3 Å². The fourth-order valence-electron chi connectivity index (χ4n) is 4.17. The van der Waals surface area contributed by atoms with Crippen LogP contribution in [0.5, 0.6) is 0 Å². The summed E-state index contributed by atoms with van der Waals surface area (Å²) < 4.78 is 1.66. The minimum atomic E-state index is -0.156. The first-order valence-corrected chi connectivity index (χ1v) is 9.83. The summed E-state index contributed by atoms with van der Waals surface area (Å²) in [5.41, 5.74) is 2.48. The smallest absolute Gasteiger partial charge is 0.276 e. The van der Waals surface area contributed by atoms with Crippen LogP contribution in [0, 0.1) is 5.92 Å². The molecule has 146 valence electrons. The van der Waals surface area contributed by atoms with Crippen LogP contribution < -0.4 is 5.56 Å². The number of benzene rings is 1. The van der Waals surface area contributed by atoms with Crippen LogP contribution >= 0.6 is 0 Å². The average molecular weight is 386 g/mol. The number of nitrogens with one attached hydrogen (secondary N) is 1. The second kappa shape index (κ2) is 7.25. The molecule has 2 atom stereocenters. The molecule has 2 unspecified atom stereocenters. The molecule has 7 heteroatoms. The van der Waals surface area contributed by atoms with E-state index in [4.69, 9.17) is 5.10 Å². The van der Waals surface area contributed by atoms with Crippen molar-refractivity contribution >= 4 is 5.52 Å². The standard InChI is InChI=1S/C22H22N6O/c1-15-12-27(13-16-5-3-2-4-6-16)14-18(15)20-25-22(29)19-11-24-21(28(19)26-20)17-7-9-23-10-8-17/h2-11,15,18H,12-14H2,1H3,(H,25,26,29). The van der Waals surface area contributed by atoms with Gasteiger partial charge in [0, 0.05) is 43.5 Å². The van der Waals surface area contributed by atoms with Crippen LogP contribution in [-0.4, -0.2) is 42.6 Å². The molecule has 1 aliphatic rings. The first-order valence-electron chi connectivity index (χ1n) is 9.83. The summed E-state index contributed by atoms with van der Waals surface area (Å²) >= 11 is 0. The molecule has 0 bridgehead atoms. The van der Waals surface area contributed by atoms with Crippen LogP contribution in [0.4, 0.5) is 0 Å². The van der Waals surface area contributed by atoms with Crippen molar-refractivity contribution in [2.45, 2.75) is 19.4 Å². The zero-order chi connectivity index (χ0) is 19.8. The highest BCUT2D eigenvalue weighted by Crippen LogP contribution is 2.31. The van der Waals surface area contributed by atoms with Gasteiger partial charge in [0.15, 0.2) is 11.3 Å². The van der Waals surface area contributed by atoms with Crippen LogP contribution in [0.3, 0.4) is 0 Å². The summed E-state index contributed by atoms with van der Waals surface area (Å²) in [7, 11) is 0. The highest BCUT2D eigenvalue weighted by molar-refractivity contribution is 5.60. The van der Waals surface area contributed by atoms with Gasteiger partial charge < -0.3 is 4.98 Å². The van der Waals surface area contributed by atoms with E-state index in [0.29, 0.717) is 17.3 Å². The van der Waals surface area contributed by atoms with Gasteiger partial charge in [0.2, 0.25) is 0 Å². The van der Waals surface area contributed by atoms with E-state index in [9.17, 15) is 4.79 Å². The molecule has 4 aromatic rings. The van der Waals surface area contributed by atoms with Gasteiger partial charge in [-0.3, -0.25) is 14.7 Å². The first kappa shape index (κ1) is 17.8. The monoisotopic (exact) mass is 386 g/mol. The largest absolute Gasteiger partial charge is 0.307 e. The molecule has 0 amide bonds. The van der Waals surface area contributed by atoms with E-state index in [1.165, 1.54) is 5.56 Å². The number of pyridine rings is 1. The summed E-state index contributed by atoms with van der Waals surface area (Å²) in [4.78, 5) is 26.6. The van der Waals surface area contributed by atoms with Gasteiger partial charge in [-0.15, -0.1) is 0 Å². The van der Waals surface area contributed by atoms with Gasteiger partial charge in [0.25, 0.3) is 5.56 Å². The second-order valence-electron chi connectivity index (χ2n) is 7.72. The number of fused-ring (bicyclic) bond motifs is 1. The topological polar surface area (TPSA) is 79.2 Å². The van der Waals surface area contributed by atoms with E-state index >= 15 is 0 Å². The lowest BCUT2D eigenvalue weighted by atomic mass is 9.97. The van der Waals surface area contributed by atoms with Crippen molar-refractivity contribution in [1.29, 1.82) is 0 Å². The predicted octanol–water partition coefficient (Wildman–Crippen LogP) is 2.72. The Balaban J connectivity index is 1.48. The fourth-order valence-corrected chi connectivity index (χ4v) is 4.17. The van der Waals surface area contributed by atoms with E-state index in [2.05, 4.69) is 51.0 Å². The lowest BCUT2D eigenvalue weighted by Crippen LogP contribution is -2.22. The third-order valence-corrected chi connectivity index (χ3v) is 5.65. The van der Waals surface area contributed by atoms with E-state index in [-0.39, 0.29) is 11.5 Å². The Hall–Kier alpha value is -3.32. The molecular formula is C22H22N6O. The van der Waals surface area contributed by atoms with Crippen LogP contribution in [-0.2, 0) is 6.54 Å². The molecule has 1 fully saturated rings. The zero-order valence-corrected chi connectivity index (χ0v) is 16.2. The Morgan fingerprint density at radius 2 is 1.90 bits per heavy atom. The second-order valence-corrected chi connectivity index (χ2v) is 7.72. The minimum absolute atomic E-state index is 0.156. The van der Waals surface area contributed by atoms with Crippen molar-refractivity contribution < 1.29 is 0 Å². The van der Waals surface area contributed by atoms with Crippen molar-refractivity contribution in [2.75, 3.05) is 13.1 Å².